The summed E-state index contributed by atoms with van der Waals surface area (Å²) in [5, 5.41) is 7.96. The Bertz CT molecular complexity index is 959. The van der Waals surface area contributed by atoms with Crippen LogP contribution in [0, 0.1) is 0 Å². The number of ether oxygens (including phenoxy) is 1. The van der Waals surface area contributed by atoms with Gasteiger partial charge in [0.25, 0.3) is 0 Å². The lowest BCUT2D eigenvalue weighted by molar-refractivity contribution is -0.135. The summed E-state index contributed by atoms with van der Waals surface area (Å²) >= 11 is 0. The molecular formula is C29H42N4O4. The summed E-state index contributed by atoms with van der Waals surface area (Å²) in [4.78, 5) is 33.7. The first-order valence-electron chi connectivity index (χ1n) is 13.0. The lowest BCUT2D eigenvalue weighted by Crippen LogP contribution is -2.38. The Morgan fingerprint density at radius 2 is 1.59 bits per heavy atom. The van der Waals surface area contributed by atoms with E-state index in [-0.39, 0.29) is 24.2 Å². The van der Waals surface area contributed by atoms with Gasteiger partial charge in [-0.1, -0.05) is 48.5 Å². The molecule has 0 bridgehead atoms. The second kappa shape index (κ2) is 16.5. The van der Waals surface area contributed by atoms with Gasteiger partial charge in [-0.2, -0.15) is 0 Å². The molecule has 0 saturated carbocycles. The summed E-state index contributed by atoms with van der Waals surface area (Å²) in [5.41, 5.74) is 5.32. The molecule has 202 valence electrons. The Labute approximate surface area is 221 Å². The second-order valence-corrected chi connectivity index (χ2v) is 9.25. The van der Waals surface area contributed by atoms with Gasteiger partial charge in [0.05, 0.1) is 19.2 Å². The normalized spacial score (nSPS) is 18.0. The van der Waals surface area contributed by atoms with Crippen molar-refractivity contribution in [2.75, 3.05) is 27.2 Å². The van der Waals surface area contributed by atoms with Crippen LogP contribution in [0.4, 0.5) is 0 Å². The molecule has 3 N–H and O–H groups in total. The van der Waals surface area contributed by atoms with Crippen molar-refractivity contribution >= 4 is 18.7 Å². The molecule has 3 atom stereocenters. The average Bonchev–Trinajstić information content (AvgIpc) is 3.20. The van der Waals surface area contributed by atoms with Crippen LogP contribution in [0.3, 0.4) is 0 Å². The minimum Gasteiger partial charge on any atom is -0.362 e. The van der Waals surface area contributed by atoms with E-state index in [1.807, 2.05) is 38.1 Å². The summed E-state index contributed by atoms with van der Waals surface area (Å²) < 4.78 is 5.94. The summed E-state index contributed by atoms with van der Waals surface area (Å²) in [7, 11) is 3.30. The third kappa shape index (κ3) is 9.30. The molecule has 2 aromatic rings. The van der Waals surface area contributed by atoms with E-state index in [1.165, 1.54) is 25.7 Å². The number of amides is 3. The van der Waals surface area contributed by atoms with E-state index >= 15 is 0 Å². The summed E-state index contributed by atoms with van der Waals surface area (Å²) in [6.07, 6.45) is 7.18. The molecule has 0 fully saturated rings. The Morgan fingerprint density at radius 1 is 1.03 bits per heavy atom. The Kier molecular flexibility index (Phi) is 13.4. The maximum absolute atomic E-state index is 11.5. The average molecular weight is 511 g/mol. The fourth-order valence-corrected chi connectivity index (χ4v) is 4.55. The van der Waals surface area contributed by atoms with E-state index in [2.05, 4.69) is 40.2 Å². The number of rotatable bonds is 9. The van der Waals surface area contributed by atoms with E-state index in [0.29, 0.717) is 26.0 Å². The first kappa shape index (κ1) is 30.0. The zero-order chi connectivity index (χ0) is 27.0. The first-order chi connectivity index (χ1) is 18.0. The van der Waals surface area contributed by atoms with Gasteiger partial charge >= 0.3 is 0 Å². The number of carbonyl (C=O) groups excluding carboxylic acids is 3. The van der Waals surface area contributed by atoms with Crippen molar-refractivity contribution in [3.63, 3.8) is 0 Å². The molecular weight excluding hydrogens is 468 g/mol. The van der Waals surface area contributed by atoms with Crippen molar-refractivity contribution in [3.8, 4) is 0 Å². The minimum atomic E-state index is -0.348. The van der Waals surface area contributed by atoms with E-state index in [0.717, 1.165) is 17.5 Å². The van der Waals surface area contributed by atoms with Gasteiger partial charge in [-0.15, -0.1) is 0 Å². The summed E-state index contributed by atoms with van der Waals surface area (Å²) in [5.74, 6) is -0.0330. The molecule has 0 spiro atoms. The molecule has 2 aromatic carbocycles. The van der Waals surface area contributed by atoms with Crippen molar-refractivity contribution in [2.24, 2.45) is 0 Å². The number of nitrogens with one attached hydrogen (secondary N) is 3. The number of hydrogen-bond donors (Lipinski definition) is 3. The van der Waals surface area contributed by atoms with E-state index in [1.54, 1.807) is 30.1 Å². The maximum atomic E-state index is 11.5. The highest BCUT2D eigenvalue weighted by atomic mass is 16.5. The molecule has 0 saturated heterocycles. The van der Waals surface area contributed by atoms with E-state index < -0.39 is 0 Å². The van der Waals surface area contributed by atoms with Crippen LogP contribution in [0.5, 0.6) is 0 Å². The van der Waals surface area contributed by atoms with Gasteiger partial charge in [0.1, 0.15) is 0 Å². The summed E-state index contributed by atoms with van der Waals surface area (Å²) in [6, 6.07) is 16.8. The minimum absolute atomic E-state index is 0.0152. The van der Waals surface area contributed by atoms with Crippen LogP contribution in [-0.4, -0.2) is 56.9 Å². The Morgan fingerprint density at radius 3 is 2.14 bits per heavy atom. The van der Waals surface area contributed by atoms with Crippen molar-refractivity contribution in [3.05, 3.63) is 70.8 Å². The SMILES string of the molecule is CNC=O.CNCC(=O)NC(C)CCOC1c2ccccc2C(C)N1C=O.c1ccc2c(c1)CCCC2. The van der Waals surface area contributed by atoms with Crippen LogP contribution < -0.4 is 16.0 Å². The molecule has 2 aliphatic rings. The highest BCUT2D eigenvalue weighted by Crippen LogP contribution is 2.41. The number of nitrogens with zero attached hydrogens (tertiary/aromatic N) is 1. The first-order valence-corrected chi connectivity index (χ1v) is 13.0. The maximum Gasteiger partial charge on any atom is 0.234 e. The quantitative estimate of drug-likeness (QED) is 0.450. The Hall–Kier alpha value is -3.23. The zero-order valence-corrected chi connectivity index (χ0v) is 22.5. The van der Waals surface area contributed by atoms with Gasteiger partial charge < -0.3 is 25.6 Å². The molecule has 8 heteroatoms. The smallest absolute Gasteiger partial charge is 0.234 e. The van der Waals surface area contributed by atoms with Gasteiger partial charge in [-0.3, -0.25) is 14.4 Å². The van der Waals surface area contributed by atoms with Crippen molar-refractivity contribution in [1.82, 2.24) is 20.9 Å². The van der Waals surface area contributed by atoms with Gasteiger partial charge in [0.2, 0.25) is 18.7 Å². The highest BCUT2D eigenvalue weighted by Gasteiger charge is 2.35. The van der Waals surface area contributed by atoms with Gasteiger partial charge in [-0.05, 0) is 69.7 Å². The molecule has 1 aliphatic carbocycles. The molecule has 3 amide bonds. The number of hydrogen-bond acceptors (Lipinski definition) is 5. The Balaban J connectivity index is 0.000000280. The largest absolute Gasteiger partial charge is 0.362 e. The molecule has 1 aliphatic heterocycles. The van der Waals surface area contributed by atoms with Gasteiger partial charge in [0.15, 0.2) is 6.23 Å². The fraction of sp³-hybridized carbons (Fsp3) is 0.483. The number of benzene rings is 2. The third-order valence-electron chi connectivity index (χ3n) is 6.50. The predicted octanol–water partition coefficient (Wildman–Crippen LogP) is 3.28. The summed E-state index contributed by atoms with van der Waals surface area (Å²) in [6.45, 7) is 4.71. The molecule has 4 rings (SSSR count). The molecule has 0 radical (unpaired) electrons. The van der Waals surface area contributed by atoms with Crippen LogP contribution in [0.25, 0.3) is 0 Å². The predicted molar refractivity (Wildman–Crippen MR) is 146 cm³/mol. The number of aryl methyl sites for hydroxylation is 2. The highest BCUT2D eigenvalue weighted by molar-refractivity contribution is 5.78. The molecule has 1 heterocycles. The lowest BCUT2D eigenvalue weighted by Gasteiger charge is -2.25. The molecule has 37 heavy (non-hydrogen) atoms. The van der Waals surface area contributed by atoms with Crippen LogP contribution >= 0.6 is 0 Å². The fourth-order valence-electron chi connectivity index (χ4n) is 4.55. The van der Waals surface area contributed by atoms with Gasteiger partial charge in [-0.25, -0.2) is 0 Å². The zero-order valence-electron chi connectivity index (χ0n) is 22.5. The van der Waals surface area contributed by atoms with Crippen molar-refractivity contribution in [2.45, 2.75) is 64.3 Å². The number of fused-ring (bicyclic) bond motifs is 2. The molecule has 8 nitrogen and oxygen atoms in total. The van der Waals surface area contributed by atoms with E-state index in [4.69, 9.17) is 9.53 Å². The topological polar surface area (TPSA) is 99.8 Å². The lowest BCUT2D eigenvalue weighted by atomic mass is 9.92. The van der Waals surface area contributed by atoms with Crippen molar-refractivity contribution < 1.29 is 19.1 Å². The second-order valence-electron chi connectivity index (χ2n) is 9.25. The van der Waals surface area contributed by atoms with Crippen LogP contribution in [0.1, 0.15) is 67.6 Å². The molecule has 0 aromatic heterocycles. The third-order valence-corrected chi connectivity index (χ3v) is 6.50. The van der Waals surface area contributed by atoms with Crippen molar-refractivity contribution in [1.29, 1.82) is 0 Å². The van der Waals surface area contributed by atoms with Crippen LogP contribution in [0.15, 0.2) is 48.5 Å². The standard InChI is InChI=1S/C17H25N3O3.C10H12.C2H5NO/c1-12(19-16(22)10-18-3)8-9-23-17-15-7-5-4-6-14(15)13(2)20(17)11-21;1-2-6-10-8-4-3-7-9(10)5-1;1-3-2-4/h4-7,11-13,17-18H,8-10H2,1-3H3,(H,19,22);1-2,5-6H,3-4,7-8H2;2H,1H3,(H,3,4). The van der Waals surface area contributed by atoms with E-state index in [9.17, 15) is 9.59 Å². The number of carbonyl (C=O) groups is 3. The molecule has 3 unspecified atom stereocenters. The van der Waals surface area contributed by atoms with Crippen LogP contribution in [0.2, 0.25) is 0 Å². The monoisotopic (exact) mass is 510 g/mol. The van der Waals surface area contributed by atoms with Crippen LogP contribution in [-0.2, 0) is 32.0 Å². The number of likely N-dealkylation sites (N-methyl/N-ethyl adjacent to an activating group) is 1. The van der Waals surface area contributed by atoms with Gasteiger partial charge in [0, 0.05) is 18.7 Å².